The number of nitrogens with one attached hydrogen (secondary N) is 1. The molecule has 7 rings (SSSR count). The zero-order valence-electron chi connectivity index (χ0n) is 21.3. The molecule has 39 heavy (non-hydrogen) atoms. The minimum Gasteiger partial charge on any atom is -0.352 e. The fourth-order valence-electron chi connectivity index (χ4n) is 4.46. The van der Waals surface area contributed by atoms with E-state index in [9.17, 15) is 0 Å². The van der Waals surface area contributed by atoms with Crippen LogP contribution in [0.3, 0.4) is 0 Å². The highest BCUT2D eigenvalue weighted by Crippen LogP contribution is 2.37. The lowest BCUT2D eigenvalue weighted by atomic mass is 10.1. The van der Waals surface area contributed by atoms with E-state index in [-0.39, 0.29) is 0 Å². The summed E-state index contributed by atoms with van der Waals surface area (Å²) in [6.07, 6.45) is 0. The zero-order valence-corrected chi connectivity index (χ0v) is 23.0. The molecule has 1 N–H and O–H groups in total. The van der Waals surface area contributed by atoms with E-state index in [0.717, 1.165) is 64.6 Å². The molecule has 3 heterocycles. The first-order valence-electron chi connectivity index (χ1n) is 12.7. The van der Waals surface area contributed by atoms with E-state index in [4.69, 9.17) is 20.0 Å². The van der Waals surface area contributed by atoms with Gasteiger partial charge in [0, 0.05) is 5.69 Å². The fourth-order valence-corrected chi connectivity index (χ4v) is 6.38. The second-order valence-electron chi connectivity index (χ2n) is 9.44. The highest BCUT2D eigenvalue weighted by molar-refractivity contribution is 7.21. The van der Waals surface area contributed by atoms with Crippen LogP contribution in [0.2, 0.25) is 0 Å². The van der Waals surface area contributed by atoms with Gasteiger partial charge in [-0.05, 0) is 62.4 Å². The predicted octanol–water partition coefficient (Wildman–Crippen LogP) is 8.58. The number of aryl methyl sites for hydroxylation is 2. The molecule has 0 bridgehead atoms. The quantitative estimate of drug-likeness (QED) is 0.238. The molecule has 0 saturated heterocycles. The Bertz CT molecular complexity index is 1870. The molecular weight excluding hydrogens is 519 g/mol. The molecule has 1 aliphatic heterocycles. The van der Waals surface area contributed by atoms with Crippen LogP contribution in [0.4, 0.5) is 11.4 Å². The lowest BCUT2D eigenvalue weighted by Crippen LogP contribution is -2.18. The molecule has 0 spiro atoms. The van der Waals surface area contributed by atoms with Crippen LogP contribution in [0, 0.1) is 13.8 Å². The molecule has 6 aromatic rings. The number of hydrogen-bond donors (Lipinski definition) is 1. The lowest BCUT2D eigenvalue weighted by molar-refractivity contribution is 1.37. The Hall–Kier alpha value is -4.46. The van der Waals surface area contributed by atoms with E-state index >= 15 is 0 Å². The van der Waals surface area contributed by atoms with Crippen LogP contribution in [0.15, 0.2) is 113 Å². The Balaban J connectivity index is 1.46. The molecular formula is C32H23N5S2. The molecule has 0 unspecified atom stereocenters. The Kier molecular flexibility index (Phi) is 5.87. The molecule has 0 atom stereocenters. The molecule has 0 amide bonds. The zero-order chi connectivity index (χ0) is 26.3. The van der Waals surface area contributed by atoms with Crippen molar-refractivity contribution in [2.45, 2.75) is 13.8 Å². The SMILES string of the molecule is Cc1ccc(N=C2C(c3nc4ccccc4s3)=NC(c3nc4ccccc4s3)=C2Nc2ccc(C)cc2)cc1. The summed E-state index contributed by atoms with van der Waals surface area (Å²) in [6.45, 7) is 4.17. The summed E-state index contributed by atoms with van der Waals surface area (Å²) in [5, 5.41) is 5.33. The molecule has 188 valence electrons. The largest absolute Gasteiger partial charge is 0.352 e. The van der Waals surface area contributed by atoms with E-state index in [0.29, 0.717) is 0 Å². The Morgan fingerprint density at radius 1 is 0.641 bits per heavy atom. The van der Waals surface area contributed by atoms with Gasteiger partial charge in [-0.15, -0.1) is 22.7 Å². The summed E-state index contributed by atoms with van der Waals surface area (Å²) in [5.74, 6) is 0. The number of aliphatic imine (C=N–C) groups is 2. The smallest absolute Gasteiger partial charge is 0.145 e. The van der Waals surface area contributed by atoms with Crippen LogP contribution < -0.4 is 5.32 Å². The third-order valence-corrected chi connectivity index (χ3v) is 8.60. The number of thiazole rings is 2. The number of anilines is 1. The van der Waals surface area contributed by atoms with Crippen LogP contribution in [0.25, 0.3) is 26.1 Å². The van der Waals surface area contributed by atoms with E-state index in [1.165, 1.54) is 11.1 Å². The maximum absolute atomic E-state index is 5.21. The van der Waals surface area contributed by atoms with Crippen molar-refractivity contribution < 1.29 is 0 Å². The van der Waals surface area contributed by atoms with E-state index in [1.807, 2.05) is 48.5 Å². The van der Waals surface area contributed by atoms with Crippen molar-refractivity contribution >= 4 is 71.6 Å². The van der Waals surface area contributed by atoms with Crippen molar-refractivity contribution in [3.05, 3.63) is 124 Å². The first-order chi connectivity index (χ1) is 19.1. The summed E-state index contributed by atoms with van der Waals surface area (Å²) in [4.78, 5) is 20.3. The monoisotopic (exact) mass is 541 g/mol. The summed E-state index contributed by atoms with van der Waals surface area (Å²) in [5.41, 5.74) is 9.24. The lowest BCUT2D eigenvalue weighted by Gasteiger charge is -2.12. The summed E-state index contributed by atoms with van der Waals surface area (Å²) in [6, 6.07) is 33.0. The van der Waals surface area contributed by atoms with Crippen LogP contribution >= 0.6 is 22.7 Å². The van der Waals surface area contributed by atoms with Gasteiger partial charge in [-0.25, -0.2) is 20.0 Å². The minimum atomic E-state index is 0.751. The van der Waals surface area contributed by atoms with Gasteiger partial charge < -0.3 is 5.32 Å². The molecule has 0 fully saturated rings. The standard InChI is InChI=1S/C32H23N5S2/c1-19-11-15-21(16-12-19)33-27-28(34-22-17-13-20(2)14-18-22)30(32-36-24-8-4-6-10-26(24)39-32)37-29(27)31-35-23-7-3-5-9-25(23)38-31/h3-18H,1-2H3,(H,33,34). The fraction of sp³-hybridized carbons (Fsp3) is 0.0625. The van der Waals surface area contributed by atoms with E-state index in [2.05, 4.69) is 67.7 Å². The van der Waals surface area contributed by atoms with Gasteiger partial charge in [-0.3, -0.25) is 0 Å². The number of nitrogens with zero attached hydrogens (tertiary/aromatic N) is 4. The van der Waals surface area contributed by atoms with Crippen molar-refractivity contribution in [3.63, 3.8) is 0 Å². The molecule has 0 saturated carbocycles. The Labute approximate surface area is 234 Å². The summed E-state index contributed by atoms with van der Waals surface area (Å²) >= 11 is 3.27. The topological polar surface area (TPSA) is 62.5 Å². The average molecular weight is 542 g/mol. The number of fused-ring (bicyclic) bond motifs is 2. The molecule has 1 aliphatic rings. The summed E-state index contributed by atoms with van der Waals surface area (Å²) in [7, 11) is 0. The maximum atomic E-state index is 5.21. The minimum absolute atomic E-state index is 0.751. The number of para-hydroxylation sites is 2. The van der Waals surface area contributed by atoms with E-state index < -0.39 is 0 Å². The Morgan fingerprint density at radius 2 is 1.21 bits per heavy atom. The molecule has 2 aromatic heterocycles. The van der Waals surface area contributed by atoms with Crippen LogP contribution in [0.1, 0.15) is 21.1 Å². The first kappa shape index (κ1) is 23.6. The number of aromatic nitrogens is 2. The van der Waals surface area contributed by atoms with Gasteiger partial charge in [-0.1, -0.05) is 59.7 Å². The summed E-state index contributed by atoms with van der Waals surface area (Å²) < 4.78 is 2.24. The van der Waals surface area contributed by atoms with Gasteiger partial charge in [0.25, 0.3) is 0 Å². The highest BCUT2D eigenvalue weighted by atomic mass is 32.1. The third-order valence-electron chi connectivity index (χ3n) is 6.51. The normalized spacial score (nSPS) is 14.5. The predicted molar refractivity (Wildman–Crippen MR) is 166 cm³/mol. The number of rotatable bonds is 5. The van der Waals surface area contributed by atoms with Crippen molar-refractivity contribution in [2.75, 3.05) is 5.32 Å². The van der Waals surface area contributed by atoms with Crippen molar-refractivity contribution in [3.8, 4) is 0 Å². The van der Waals surface area contributed by atoms with Gasteiger partial charge >= 0.3 is 0 Å². The van der Waals surface area contributed by atoms with E-state index in [1.54, 1.807) is 22.7 Å². The van der Waals surface area contributed by atoms with Gasteiger partial charge in [-0.2, -0.15) is 0 Å². The van der Waals surface area contributed by atoms with Gasteiger partial charge in [0.1, 0.15) is 27.1 Å². The molecule has 0 radical (unpaired) electrons. The number of allylic oxidation sites excluding steroid dienone is 1. The maximum Gasteiger partial charge on any atom is 0.145 e. The van der Waals surface area contributed by atoms with Gasteiger partial charge in [0.15, 0.2) is 0 Å². The molecule has 5 nitrogen and oxygen atoms in total. The second kappa shape index (κ2) is 9.69. The molecule has 4 aromatic carbocycles. The third kappa shape index (κ3) is 4.56. The highest BCUT2D eigenvalue weighted by Gasteiger charge is 2.32. The number of hydrogen-bond acceptors (Lipinski definition) is 7. The van der Waals surface area contributed by atoms with Crippen LogP contribution in [-0.2, 0) is 0 Å². The van der Waals surface area contributed by atoms with Crippen LogP contribution in [0.5, 0.6) is 0 Å². The van der Waals surface area contributed by atoms with Crippen LogP contribution in [-0.4, -0.2) is 21.4 Å². The van der Waals surface area contributed by atoms with Crippen molar-refractivity contribution in [2.24, 2.45) is 9.98 Å². The molecule has 0 aliphatic carbocycles. The van der Waals surface area contributed by atoms with Crippen molar-refractivity contribution in [1.29, 1.82) is 0 Å². The molecule has 7 heteroatoms. The Morgan fingerprint density at radius 3 is 1.85 bits per heavy atom. The second-order valence-corrected chi connectivity index (χ2v) is 11.5. The number of benzene rings is 4. The van der Waals surface area contributed by atoms with Gasteiger partial charge in [0.05, 0.1) is 31.8 Å². The van der Waals surface area contributed by atoms with Gasteiger partial charge in [0.2, 0.25) is 0 Å². The first-order valence-corrected chi connectivity index (χ1v) is 14.3. The van der Waals surface area contributed by atoms with Crippen molar-refractivity contribution in [1.82, 2.24) is 9.97 Å². The average Bonchev–Trinajstić information content (AvgIpc) is 3.66.